The van der Waals surface area contributed by atoms with Crippen molar-refractivity contribution in [1.82, 2.24) is 20.1 Å². The third kappa shape index (κ3) is 4.96. The number of nitrogens with one attached hydrogen (secondary N) is 1. The second kappa shape index (κ2) is 8.55. The van der Waals surface area contributed by atoms with Crippen LogP contribution >= 0.6 is 0 Å². The summed E-state index contributed by atoms with van der Waals surface area (Å²) in [5.41, 5.74) is 2.62. The first kappa shape index (κ1) is 21.1. The van der Waals surface area contributed by atoms with Crippen molar-refractivity contribution in [1.29, 1.82) is 0 Å². The van der Waals surface area contributed by atoms with Crippen LogP contribution in [0.5, 0.6) is 0 Å². The zero-order valence-electron chi connectivity index (χ0n) is 18.5. The SMILES string of the molecule is Cc1ccc(-n2nc(N3CCOC(CNC(=O)OC(C)(C)C)C3)c3ccncc32)cc1. The highest BCUT2D eigenvalue weighted by Gasteiger charge is 2.26. The van der Waals surface area contributed by atoms with E-state index in [2.05, 4.69) is 46.4 Å². The van der Waals surface area contributed by atoms with Crippen LogP contribution in [0.1, 0.15) is 26.3 Å². The smallest absolute Gasteiger partial charge is 0.407 e. The lowest BCUT2D eigenvalue weighted by atomic mass is 10.2. The molecule has 0 bridgehead atoms. The maximum absolute atomic E-state index is 12.0. The highest BCUT2D eigenvalue weighted by molar-refractivity contribution is 5.91. The molecule has 1 aromatic carbocycles. The number of carbonyl (C=O) groups is 1. The number of hydrogen-bond acceptors (Lipinski definition) is 6. The van der Waals surface area contributed by atoms with Crippen LogP contribution in [0.25, 0.3) is 16.6 Å². The van der Waals surface area contributed by atoms with Crippen LogP contribution in [0.4, 0.5) is 10.6 Å². The molecule has 0 spiro atoms. The van der Waals surface area contributed by atoms with Gasteiger partial charge in [0, 0.05) is 31.2 Å². The lowest BCUT2D eigenvalue weighted by molar-refractivity contribution is 0.0281. The fourth-order valence-electron chi connectivity index (χ4n) is 3.61. The number of benzene rings is 1. The number of morpholine rings is 1. The van der Waals surface area contributed by atoms with Crippen LogP contribution in [0.2, 0.25) is 0 Å². The van der Waals surface area contributed by atoms with Gasteiger partial charge >= 0.3 is 6.09 Å². The lowest BCUT2D eigenvalue weighted by Gasteiger charge is -2.33. The molecule has 2 aromatic heterocycles. The van der Waals surface area contributed by atoms with Gasteiger partial charge in [-0.25, -0.2) is 9.48 Å². The number of aryl methyl sites for hydroxylation is 1. The van der Waals surface area contributed by atoms with Gasteiger partial charge in [-0.05, 0) is 45.9 Å². The van der Waals surface area contributed by atoms with Gasteiger partial charge in [-0.3, -0.25) is 4.98 Å². The fourth-order valence-corrected chi connectivity index (χ4v) is 3.61. The second-order valence-electron chi connectivity index (χ2n) is 8.79. The molecule has 8 heteroatoms. The molecule has 1 aliphatic heterocycles. The maximum atomic E-state index is 12.0. The van der Waals surface area contributed by atoms with Crippen LogP contribution in [0, 0.1) is 6.92 Å². The van der Waals surface area contributed by atoms with E-state index >= 15 is 0 Å². The minimum absolute atomic E-state index is 0.150. The summed E-state index contributed by atoms with van der Waals surface area (Å²) in [5, 5.41) is 8.77. The number of ether oxygens (including phenoxy) is 2. The Labute approximate surface area is 182 Å². The van der Waals surface area contributed by atoms with E-state index in [1.54, 1.807) is 6.20 Å². The highest BCUT2D eigenvalue weighted by Crippen LogP contribution is 2.29. The molecule has 0 radical (unpaired) electrons. The standard InChI is InChI=1S/C23H29N5O3/c1-16-5-7-17(8-6-16)28-20-14-24-10-9-19(20)21(26-28)27-11-12-30-18(15-27)13-25-22(29)31-23(2,3)4/h5-10,14,18H,11-13,15H2,1-4H3,(H,25,29). The normalized spacial score (nSPS) is 17.0. The van der Waals surface area contributed by atoms with E-state index in [1.807, 2.05) is 37.7 Å². The summed E-state index contributed by atoms with van der Waals surface area (Å²) in [6.45, 7) is 9.88. The molecular weight excluding hydrogens is 394 g/mol. The van der Waals surface area contributed by atoms with Crippen LogP contribution in [-0.4, -0.2) is 58.8 Å². The number of nitrogens with zero attached hydrogens (tertiary/aromatic N) is 4. The largest absolute Gasteiger partial charge is 0.444 e. The molecule has 0 aliphatic carbocycles. The van der Waals surface area contributed by atoms with Crippen molar-refractivity contribution in [2.24, 2.45) is 0 Å². The van der Waals surface area contributed by atoms with Crippen molar-refractivity contribution in [2.75, 3.05) is 31.1 Å². The Kier molecular flexibility index (Phi) is 5.82. The molecule has 1 amide bonds. The monoisotopic (exact) mass is 423 g/mol. The topological polar surface area (TPSA) is 81.5 Å². The zero-order chi connectivity index (χ0) is 22.0. The minimum Gasteiger partial charge on any atom is -0.444 e. The average molecular weight is 424 g/mol. The average Bonchev–Trinajstić information content (AvgIpc) is 3.12. The quantitative estimate of drug-likeness (QED) is 0.692. The van der Waals surface area contributed by atoms with Crippen molar-refractivity contribution in [3.05, 3.63) is 48.3 Å². The lowest BCUT2D eigenvalue weighted by Crippen LogP contribution is -2.48. The Morgan fingerprint density at radius 2 is 2.03 bits per heavy atom. The van der Waals surface area contributed by atoms with Gasteiger partial charge in [0.1, 0.15) is 5.60 Å². The fraction of sp³-hybridized carbons (Fsp3) is 0.435. The van der Waals surface area contributed by atoms with E-state index in [1.165, 1.54) is 5.56 Å². The molecular formula is C23H29N5O3. The number of anilines is 1. The van der Waals surface area contributed by atoms with Gasteiger partial charge in [-0.2, -0.15) is 0 Å². The zero-order valence-corrected chi connectivity index (χ0v) is 18.5. The molecule has 31 heavy (non-hydrogen) atoms. The van der Waals surface area contributed by atoms with Gasteiger partial charge in [-0.15, -0.1) is 5.10 Å². The van der Waals surface area contributed by atoms with Gasteiger partial charge in [0.15, 0.2) is 5.82 Å². The Bertz CT molecular complexity index is 1060. The summed E-state index contributed by atoms with van der Waals surface area (Å²) < 4.78 is 13.1. The molecule has 4 rings (SSSR count). The van der Waals surface area contributed by atoms with E-state index in [9.17, 15) is 4.79 Å². The molecule has 1 unspecified atom stereocenters. The molecule has 3 aromatic rings. The molecule has 3 heterocycles. The number of fused-ring (bicyclic) bond motifs is 1. The predicted octanol–water partition coefficient (Wildman–Crippen LogP) is 3.46. The van der Waals surface area contributed by atoms with Crippen LogP contribution in [-0.2, 0) is 9.47 Å². The summed E-state index contributed by atoms with van der Waals surface area (Å²) in [7, 11) is 0. The Morgan fingerprint density at radius 3 is 2.77 bits per heavy atom. The number of hydrogen-bond donors (Lipinski definition) is 1. The first-order valence-electron chi connectivity index (χ1n) is 10.5. The van der Waals surface area contributed by atoms with E-state index in [4.69, 9.17) is 14.6 Å². The molecule has 1 atom stereocenters. The van der Waals surface area contributed by atoms with Crippen molar-refractivity contribution >= 4 is 22.8 Å². The Morgan fingerprint density at radius 1 is 1.26 bits per heavy atom. The van der Waals surface area contributed by atoms with E-state index in [0.717, 1.165) is 29.0 Å². The third-order valence-corrected chi connectivity index (χ3v) is 5.05. The summed E-state index contributed by atoms with van der Waals surface area (Å²) in [4.78, 5) is 18.5. The van der Waals surface area contributed by atoms with Gasteiger partial charge in [0.25, 0.3) is 0 Å². The summed E-state index contributed by atoms with van der Waals surface area (Å²) in [5.74, 6) is 0.892. The number of carbonyl (C=O) groups excluding carboxylic acids is 1. The van der Waals surface area contributed by atoms with E-state index in [0.29, 0.717) is 19.7 Å². The van der Waals surface area contributed by atoms with Crippen molar-refractivity contribution < 1.29 is 14.3 Å². The maximum Gasteiger partial charge on any atom is 0.407 e. The molecule has 1 N–H and O–H groups in total. The van der Waals surface area contributed by atoms with Crippen molar-refractivity contribution in [2.45, 2.75) is 39.4 Å². The molecule has 164 valence electrons. The first-order valence-corrected chi connectivity index (χ1v) is 10.5. The van der Waals surface area contributed by atoms with E-state index < -0.39 is 11.7 Å². The van der Waals surface area contributed by atoms with Gasteiger partial charge in [0.05, 0.1) is 30.1 Å². The van der Waals surface area contributed by atoms with Crippen LogP contribution in [0.3, 0.4) is 0 Å². The first-order chi connectivity index (χ1) is 14.8. The Balaban J connectivity index is 1.53. The molecule has 1 aliphatic rings. The van der Waals surface area contributed by atoms with Crippen LogP contribution in [0.15, 0.2) is 42.7 Å². The molecule has 0 saturated carbocycles. The van der Waals surface area contributed by atoms with Crippen LogP contribution < -0.4 is 10.2 Å². The third-order valence-electron chi connectivity index (χ3n) is 5.05. The number of amides is 1. The number of aromatic nitrogens is 3. The molecule has 8 nitrogen and oxygen atoms in total. The molecule has 1 saturated heterocycles. The summed E-state index contributed by atoms with van der Waals surface area (Å²) in [6.07, 6.45) is 3.04. The number of pyridine rings is 1. The highest BCUT2D eigenvalue weighted by atomic mass is 16.6. The summed E-state index contributed by atoms with van der Waals surface area (Å²) in [6, 6.07) is 10.3. The minimum atomic E-state index is -0.528. The summed E-state index contributed by atoms with van der Waals surface area (Å²) >= 11 is 0. The number of rotatable bonds is 4. The van der Waals surface area contributed by atoms with Gasteiger partial charge in [0.2, 0.25) is 0 Å². The predicted molar refractivity (Wildman–Crippen MR) is 120 cm³/mol. The molecule has 1 fully saturated rings. The Hall–Kier alpha value is -3.13. The van der Waals surface area contributed by atoms with Crippen molar-refractivity contribution in [3.63, 3.8) is 0 Å². The van der Waals surface area contributed by atoms with Gasteiger partial charge < -0.3 is 19.7 Å². The second-order valence-corrected chi connectivity index (χ2v) is 8.79. The van der Waals surface area contributed by atoms with Crippen molar-refractivity contribution in [3.8, 4) is 5.69 Å². The number of alkyl carbamates (subject to hydrolysis) is 1. The van der Waals surface area contributed by atoms with E-state index in [-0.39, 0.29) is 6.10 Å². The van der Waals surface area contributed by atoms with Gasteiger partial charge in [-0.1, -0.05) is 17.7 Å².